The predicted molar refractivity (Wildman–Crippen MR) is 73.8 cm³/mol. The van der Waals surface area contributed by atoms with Crippen LogP contribution in [-0.2, 0) is 4.79 Å². The Hall–Kier alpha value is -1.26. The van der Waals surface area contributed by atoms with Crippen molar-refractivity contribution in [2.75, 3.05) is 26.2 Å². The van der Waals surface area contributed by atoms with E-state index in [2.05, 4.69) is 12.2 Å². The lowest BCUT2D eigenvalue weighted by molar-refractivity contribution is -0.119. The van der Waals surface area contributed by atoms with Crippen molar-refractivity contribution in [1.29, 1.82) is 0 Å². The van der Waals surface area contributed by atoms with Gasteiger partial charge in [-0.3, -0.25) is 4.79 Å². The van der Waals surface area contributed by atoms with Gasteiger partial charge in [0.2, 0.25) is 5.91 Å². The molecule has 1 unspecified atom stereocenters. The molecule has 19 heavy (non-hydrogen) atoms. The van der Waals surface area contributed by atoms with E-state index in [0.29, 0.717) is 5.92 Å². The summed E-state index contributed by atoms with van der Waals surface area (Å²) in [6, 6.07) is 0.426. The third kappa shape index (κ3) is 3.85. The maximum atomic E-state index is 12.4. The molecule has 2 fully saturated rings. The van der Waals surface area contributed by atoms with Crippen LogP contribution in [0.5, 0.6) is 0 Å². The molecule has 0 aromatic heterocycles. The number of nitrogens with zero attached hydrogens (tertiary/aromatic N) is 2. The van der Waals surface area contributed by atoms with Crippen LogP contribution in [0.1, 0.15) is 39.5 Å². The van der Waals surface area contributed by atoms with Crippen LogP contribution in [-0.4, -0.2) is 54.0 Å². The molecule has 5 heteroatoms. The summed E-state index contributed by atoms with van der Waals surface area (Å²) < 4.78 is 0. The summed E-state index contributed by atoms with van der Waals surface area (Å²) in [4.78, 5) is 27.3. The van der Waals surface area contributed by atoms with Crippen LogP contribution in [0.2, 0.25) is 0 Å². The number of hydrogen-bond donors (Lipinski definition) is 1. The Labute approximate surface area is 115 Å². The number of piperidine rings is 2. The molecule has 2 heterocycles. The minimum atomic E-state index is 0.0228. The minimum absolute atomic E-state index is 0.0228. The largest absolute Gasteiger partial charge is 0.353 e. The monoisotopic (exact) mass is 267 g/mol. The maximum absolute atomic E-state index is 12.4. The molecule has 2 aliphatic rings. The van der Waals surface area contributed by atoms with Gasteiger partial charge in [-0.15, -0.1) is 0 Å². The standard InChI is InChI=1S/C14H25N3O2/c1-11-4-3-7-17(10-11)14(19)16-8-5-13(6-9-16)15-12(2)18/h11,13H,3-10H2,1-2H3,(H,15,18). The number of hydrogen-bond acceptors (Lipinski definition) is 2. The van der Waals surface area contributed by atoms with Crippen molar-refractivity contribution in [1.82, 2.24) is 15.1 Å². The summed E-state index contributed by atoms with van der Waals surface area (Å²) in [5.74, 6) is 0.643. The highest BCUT2D eigenvalue weighted by Crippen LogP contribution is 2.19. The Morgan fingerprint density at radius 1 is 1.05 bits per heavy atom. The molecule has 2 saturated heterocycles. The maximum Gasteiger partial charge on any atom is 0.320 e. The zero-order chi connectivity index (χ0) is 13.8. The summed E-state index contributed by atoms with van der Waals surface area (Å²) in [7, 11) is 0. The third-order valence-electron chi connectivity index (χ3n) is 4.10. The highest BCUT2D eigenvalue weighted by atomic mass is 16.2. The molecule has 0 aromatic rings. The Morgan fingerprint density at radius 3 is 2.32 bits per heavy atom. The highest BCUT2D eigenvalue weighted by molar-refractivity contribution is 5.75. The average molecular weight is 267 g/mol. The lowest BCUT2D eigenvalue weighted by Crippen LogP contribution is -2.52. The molecule has 3 amide bonds. The summed E-state index contributed by atoms with van der Waals surface area (Å²) in [6.45, 7) is 7.07. The number of urea groups is 1. The van der Waals surface area contributed by atoms with Crippen LogP contribution in [0.3, 0.4) is 0 Å². The van der Waals surface area contributed by atoms with Gasteiger partial charge in [0, 0.05) is 39.1 Å². The fraction of sp³-hybridized carbons (Fsp3) is 0.857. The minimum Gasteiger partial charge on any atom is -0.353 e. The predicted octanol–water partition coefficient (Wildman–Crippen LogP) is 1.44. The van der Waals surface area contributed by atoms with E-state index >= 15 is 0 Å². The van der Waals surface area contributed by atoms with E-state index in [1.807, 2.05) is 9.80 Å². The molecule has 2 rings (SSSR count). The quantitative estimate of drug-likeness (QED) is 0.781. The molecule has 0 aliphatic carbocycles. The average Bonchev–Trinajstić information content (AvgIpc) is 2.38. The van der Waals surface area contributed by atoms with Gasteiger partial charge in [0.05, 0.1) is 0 Å². The summed E-state index contributed by atoms with van der Waals surface area (Å²) in [6.07, 6.45) is 4.09. The first-order valence-corrected chi connectivity index (χ1v) is 7.37. The second-order valence-electron chi connectivity index (χ2n) is 5.94. The zero-order valence-electron chi connectivity index (χ0n) is 12.0. The van der Waals surface area contributed by atoms with Crippen molar-refractivity contribution >= 4 is 11.9 Å². The molecular formula is C14H25N3O2. The van der Waals surface area contributed by atoms with E-state index in [0.717, 1.165) is 45.4 Å². The lowest BCUT2D eigenvalue weighted by atomic mass is 10.0. The van der Waals surface area contributed by atoms with Crippen molar-refractivity contribution in [3.05, 3.63) is 0 Å². The molecule has 5 nitrogen and oxygen atoms in total. The second-order valence-corrected chi connectivity index (χ2v) is 5.94. The lowest BCUT2D eigenvalue weighted by Gasteiger charge is -2.38. The van der Waals surface area contributed by atoms with Crippen molar-refractivity contribution in [3.8, 4) is 0 Å². The van der Waals surface area contributed by atoms with Gasteiger partial charge in [-0.2, -0.15) is 0 Å². The molecule has 108 valence electrons. The topological polar surface area (TPSA) is 52.7 Å². The molecule has 1 N–H and O–H groups in total. The molecule has 0 spiro atoms. The first-order valence-electron chi connectivity index (χ1n) is 7.37. The Kier molecular flexibility index (Phi) is 4.66. The van der Waals surface area contributed by atoms with Crippen LogP contribution < -0.4 is 5.32 Å². The van der Waals surface area contributed by atoms with Gasteiger partial charge in [-0.25, -0.2) is 4.79 Å². The molecule has 0 saturated carbocycles. The number of likely N-dealkylation sites (tertiary alicyclic amines) is 2. The summed E-state index contributed by atoms with van der Waals surface area (Å²) in [5.41, 5.74) is 0. The van der Waals surface area contributed by atoms with E-state index in [1.165, 1.54) is 6.42 Å². The first-order chi connectivity index (χ1) is 9.06. The molecule has 0 aromatic carbocycles. The van der Waals surface area contributed by atoms with Crippen LogP contribution in [0.15, 0.2) is 0 Å². The SMILES string of the molecule is CC(=O)NC1CCN(C(=O)N2CCCC(C)C2)CC1. The normalized spacial score (nSPS) is 25.3. The molecular weight excluding hydrogens is 242 g/mol. The van der Waals surface area contributed by atoms with Gasteiger partial charge in [0.25, 0.3) is 0 Å². The van der Waals surface area contributed by atoms with E-state index in [-0.39, 0.29) is 18.0 Å². The number of carbonyl (C=O) groups excluding carboxylic acids is 2. The number of amides is 3. The number of nitrogens with one attached hydrogen (secondary N) is 1. The van der Waals surface area contributed by atoms with Gasteiger partial charge in [0.15, 0.2) is 0 Å². The van der Waals surface area contributed by atoms with Gasteiger partial charge < -0.3 is 15.1 Å². The third-order valence-corrected chi connectivity index (χ3v) is 4.10. The van der Waals surface area contributed by atoms with E-state index in [9.17, 15) is 9.59 Å². The van der Waals surface area contributed by atoms with Gasteiger partial charge in [0.1, 0.15) is 0 Å². The number of rotatable bonds is 1. The zero-order valence-corrected chi connectivity index (χ0v) is 12.0. The second kappa shape index (κ2) is 6.26. The van der Waals surface area contributed by atoms with Crippen molar-refractivity contribution in [3.63, 3.8) is 0 Å². The van der Waals surface area contributed by atoms with Crippen molar-refractivity contribution < 1.29 is 9.59 Å². The summed E-state index contributed by atoms with van der Waals surface area (Å²) in [5, 5.41) is 2.94. The fourth-order valence-corrected chi connectivity index (χ4v) is 3.07. The summed E-state index contributed by atoms with van der Waals surface area (Å²) >= 11 is 0. The van der Waals surface area contributed by atoms with Crippen LogP contribution >= 0.6 is 0 Å². The van der Waals surface area contributed by atoms with Crippen LogP contribution in [0.4, 0.5) is 4.79 Å². The molecule has 0 bridgehead atoms. The molecule has 0 radical (unpaired) electrons. The Morgan fingerprint density at radius 2 is 1.74 bits per heavy atom. The van der Waals surface area contributed by atoms with Gasteiger partial charge in [-0.1, -0.05) is 6.92 Å². The van der Waals surface area contributed by atoms with Crippen LogP contribution in [0, 0.1) is 5.92 Å². The molecule has 2 aliphatic heterocycles. The van der Waals surface area contributed by atoms with E-state index < -0.39 is 0 Å². The highest BCUT2D eigenvalue weighted by Gasteiger charge is 2.28. The van der Waals surface area contributed by atoms with Gasteiger partial charge >= 0.3 is 6.03 Å². The molecule has 1 atom stereocenters. The van der Waals surface area contributed by atoms with E-state index in [1.54, 1.807) is 6.92 Å². The van der Waals surface area contributed by atoms with Crippen LogP contribution in [0.25, 0.3) is 0 Å². The Balaban J connectivity index is 1.80. The first kappa shape index (κ1) is 14.2. The van der Waals surface area contributed by atoms with Crippen molar-refractivity contribution in [2.24, 2.45) is 5.92 Å². The number of carbonyl (C=O) groups is 2. The van der Waals surface area contributed by atoms with Crippen molar-refractivity contribution in [2.45, 2.75) is 45.6 Å². The fourth-order valence-electron chi connectivity index (χ4n) is 3.07. The van der Waals surface area contributed by atoms with E-state index in [4.69, 9.17) is 0 Å². The Bertz CT molecular complexity index is 338. The smallest absolute Gasteiger partial charge is 0.320 e. The van der Waals surface area contributed by atoms with Gasteiger partial charge in [-0.05, 0) is 31.6 Å².